The van der Waals surface area contributed by atoms with Gasteiger partial charge in [-0.25, -0.2) is 0 Å². The Morgan fingerprint density at radius 3 is 1.44 bits per heavy atom. The fraction of sp³-hybridized carbons (Fsp3) is 0.206. The first kappa shape index (κ1) is 29.5. The Balaban J connectivity index is 1.26. The largest absolute Gasteiger partial charge is 0.468 e. The van der Waals surface area contributed by atoms with Crippen molar-refractivity contribution in [2.24, 2.45) is 5.92 Å². The van der Waals surface area contributed by atoms with Crippen LogP contribution in [0.15, 0.2) is 97.1 Å². The molecule has 2 aromatic heterocycles. The third kappa shape index (κ3) is 6.53. The summed E-state index contributed by atoms with van der Waals surface area (Å²) in [6.07, 6.45) is 0. The first-order valence-electron chi connectivity index (χ1n) is 14.7. The summed E-state index contributed by atoms with van der Waals surface area (Å²) in [6, 6.07) is 32.3. The number of carbonyl (C=O) groups is 1. The number of H-pyrrole nitrogens is 2. The van der Waals surface area contributed by atoms with E-state index in [1.807, 2.05) is 62.4 Å². The van der Waals surface area contributed by atoms with E-state index < -0.39 is 6.04 Å². The van der Waals surface area contributed by atoms with E-state index in [9.17, 15) is 4.79 Å². The Kier molecular flexibility index (Phi) is 8.79. The van der Waals surface area contributed by atoms with Crippen molar-refractivity contribution < 1.29 is 9.53 Å². The van der Waals surface area contributed by atoms with Gasteiger partial charge in [0.25, 0.3) is 0 Å². The van der Waals surface area contributed by atoms with Gasteiger partial charge in [-0.2, -0.15) is 10.4 Å². The number of rotatable bonds is 11. The molecule has 2 N–H and O–H groups in total. The predicted octanol–water partition coefficient (Wildman–Crippen LogP) is 5.58. The number of benzene rings is 4. The van der Waals surface area contributed by atoms with Crippen LogP contribution in [0.1, 0.15) is 25.0 Å². The van der Waals surface area contributed by atoms with E-state index in [2.05, 4.69) is 94.7 Å². The molecule has 0 aliphatic heterocycles. The number of aromatic nitrogens is 8. The van der Waals surface area contributed by atoms with Gasteiger partial charge in [0, 0.05) is 24.2 Å². The van der Waals surface area contributed by atoms with Crippen LogP contribution < -0.4 is 0 Å². The molecule has 226 valence electrons. The normalized spacial score (nSPS) is 12.0. The minimum absolute atomic E-state index is 0.0414. The second-order valence-electron chi connectivity index (χ2n) is 11.1. The van der Waals surface area contributed by atoms with Crippen molar-refractivity contribution in [3.05, 3.63) is 108 Å². The number of nitrogens with zero attached hydrogens (tertiary/aromatic N) is 7. The summed E-state index contributed by atoms with van der Waals surface area (Å²) in [5, 5.41) is 29.1. The van der Waals surface area contributed by atoms with Crippen molar-refractivity contribution in [2.75, 3.05) is 7.11 Å². The topological polar surface area (TPSA) is 138 Å². The van der Waals surface area contributed by atoms with E-state index in [4.69, 9.17) is 4.74 Å². The number of hydrogen-bond donors (Lipinski definition) is 2. The lowest BCUT2D eigenvalue weighted by atomic mass is 9.96. The SMILES string of the molecule is COC(=O)[C@H](C(C)C)N(Cc1ccc(-c2ccccc2-c2nn[nH]n2)cc1)Cc1ccc(-c2ccccc2-c2nn[nH]n2)cc1. The molecule has 11 nitrogen and oxygen atoms in total. The summed E-state index contributed by atoms with van der Waals surface area (Å²) in [7, 11) is 1.45. The van der Waals surface area contributed by atoms with Crippen molar-refractivity contribution in [2.45, 2.75) is 33.0 Å². The molecule has 0 aliphatic rings. The van der Waals surface area contributed by atoms with Crippen LogP contribution in [0.3, 0.4) is 0 Å². The average Bonchev–Trinajstić information content (AvgIpc) is 3.81. The van der Waals surface area contributed by atoms with Gasteiger partial charge in [-0.15, -0.1) is 20.4 Å². The lowest BCUT2D eigenvalue weighted by Crippen LogP contribution is -2.44. The van der Waals surface area contributed by atoms with Gasteiger partial charge in [0.2, 0.25) is 11.6 Å². The quantitative estimate of drug-likeness (QED) is 0.183. The standard InChI is InChI=1S/C34H33N9O2/c1-22(2)31(34(44)45-3)43(20-23-12-16-25(17-13-23)27-8-4-6-10-29(27)32-35-39-40-36-32)21-24-14-18-26(19-15-24)28-9-5-7-11-30(28)33-37-41-42-38-33/h4-19,22,31H,20-21H2,1-3H3,(H,35,36,39,40)(H,37,38,41,42)/t31-/m0/s1. The molecule has 6 aromatic rings. The Morgan fingerprint density at radius 2 is 1.09 bits per heavy atom. The molecule has 45 heavy (non-hydrogen) atoms. The zero-order valence-electron chi connectivity index (χ0n) is 25.3. The van der Waals surface area contributed by atoms with E-state index in [0.717, 1.165) is 44.5 Å². The van der Waals surface area contributed by atoms with Crippen molar-refractivity contribution in [1.29, 1.82) is 0 Å². The molecule has 2 heterocycles. The average molecular weight is 600 g/mol. The molecule has 11 heteroatoms. The van der Waals surface area contributed by atoms with Gasteiger partial charge >= 0.3 is 5.97 Å². The summed E-state index contributed by atoms with van der Waals surface area (Å²) in [6.45, 7) is 5.22. The summed E-state index contributed by atoms with van der Waals surface area (Å²) < 4.78 is 5.26. The van der Waals surface area contributed by atoms with E-state index in [1.54, 1.807) is 0 Å². The van der Waals surface area contributed by atoms with Crippen molar-refractivity contribution in [3.8, 4) is 45.0 Å². The Bertz CT molecular complexity index is 1710. The highest BCUT2D eigenvalue weighted by Crippen LogP contribution is 2.32. The lowest BCUT2D eigenvalue weighted by molar-refractivity contribution is -0.149. The monoisotopic (exact) mass is 599 g/mol. The van der Waals surface area contributed by atoms with Gasteiger partial charge in [0.1, 0.15) is 6.04 Å². The molecular weight excluding hydrogens is 566 g/mol. The van der Waals surface area contributed by atoms with Crippen LogP contribution >= 0.6 is 0 Å². The molecule has 0 radical (unpaired) electrons. The molecule has 0 fully saturated rings. The summed E-state index contributed by atoms with van der Waals surface area (Å²) in [5.41, 5.74) is 8.05. The molecule has 0 amide bonds. The van der Waals surface area contributed by atoms with E-state index in [-0.39, 0.29) is 11.9 Å². The van der Waals surface area contributed by atoms with Gasteiger partial charge in [0.05, 0.1) is 7.11 Å². The number of esters is 1. The maximum absolute atomic E-state index is 13.1. The van der Waals surface area contributed by atoms with Crippen molar-refractivity contribution >= 4 is 5.97 Å². The molecule has 1 atom stereocenters. The zero-order valence-corrected chi connectivity index (χ0v) is 25.3. The first-order chi connectivity index (χ1) is 22.0. The van der Waals surface area contributed by atoms with Crippen LogP contribution in [-0.2, 0) is 22.6 Å². The second kappa shape index (κ2) is 13.4. The third-order valence-electron chi connectivity index (χ3n) is 7.80. The zero-order chi connectivity index (χ0) is 31.2. The molecular formula is C34H33N9O2. The highest BCUT2D eigenvalue weighted by atomic mass is 16.5. The molecule has 6 rings (SSSR count). The molecule has 0 bridgehead atoms. The highest BCUT2D eigenvalue weighted by Gasteiger charge is 2.30. The number of carbonyl (C=O) groups excluding carboxylic acids is 1. The number of aromatic amines is 2. The van der Waals surface area contributed by atoms with Gasteiger partial charge in [-0.05, 0) is 49.7 Å². The Morgan fingerprint density at radius 1 is 0.667 bits per heavy atom. The summed E-state index contributed by atoms with van der Waals surface area (Å²) in [5.74, 6) is 0.882. The maximum Gasteiger partial charge on any atom is 0.323 e. The Hall–Kier alpha value is -5.55. The molecule has 0 saturated carbocycles. The smallest absolute Gasteiger partial charge is 0.323 e. The highest BCUT2D eigenvalue weighted by molar-refractivity contribution is 5.81. The predicted molar refractivity (Wildman–Crippen MR) is 170 cm³/mol. The number of hydrogen-bond acceptors (Lipinski definition) is 9. The number of ether oxygens (including phenoxy) is 1. The van der Waals surface area contributed by atoms with Gasteiger partial charge < -0.3 is 4.74 Å². The van der Waals surface area contributed by atoms with Gasteiger partial charge in [-0.1, -0.05) is 111 Å². The van der Waals surface area contributed by atoms with Crippen LogP contribution in [-0.4, -0.2) is 65.3 Å². The van der Waals surface area contributed by atoms with E-state index in [0.29, 0.717) is 24.7 Å². The number of methoxy groups -OCH3 is 1. The molecule has 0 saturated heterocycles. The lowest BCUT2D eigenvalue weighted by Gasteiger charge is -2.32. The fourth-order valence-electron chi connectivity index (χ4n) is 5.68. The summed E-state index contributed by atoms with van der Waals surface area (Å²) >= 11 is 0. The van der Waals surface area contributed by atoms with Crippen molar-refractivity contribution in [3.63, 3.8) is 0 Å². The van der Waals surface area contributed by atoms with Gasteiger partial charge in [0.15, 0.2) is 0 Å². The minimum Gasteiger partial charge on any atom is -0.468 e. The molecule has 4 aromatic carbocycles. The van der Waals surface area contributed by atoms with Gasteiger partial charge in [-0.3, -0.25) is 9.69 Å². The van der Waals surface area contributed by atoms with Crippen LogP contribution in [0.5, 0.6) is 0 Å². The van der Waals surface area contributed by atoms with Crippen LogP contribution in [0, 0.1) is 5.92 Å². The fourth-order valence-corrected chi connectivity index (χ4v) is 5.68. The van der Waals surface area contributed by atoms with E-state index in [1.165, 1.54) is 7.11 Å². The third-order valence-corrected chi connectivity index (χ3v) is 7.80. The summed E-state index contributed by atoms with van der Waals surface area (Å²) in [4.78, 5) is 15.2. The van der Waals surface area contributed by atoms with Crippen molar-refractivity contribution in [1.82, 2.24) is 46.1 Å². The number of nitrogens with one attached hydrogen (secondary N) is 2. The number of tetrazole rings is 2. The van der Waals surface area contributed by atoms with E-state index >= 15 is 0 Å². The van der Waals surface area contributed by atoms with Crippen LogP contribution in [0.2, 0.25) is 0 Å². The maximum atomic E-state index is 13.1. The molecule has 0 aliphatic carbocycles. The molecule has 0 spiro atoms. The minimum atomic E-state index is -0.424. The van der Waals surface area contributed by atoms with Crippen LogP contribution in [0.4, 0.5) is 0 Å². The Labute approximate surface area is 260 Å². The van der Waals surface area contributed by atoms with Crippen LogP contribution in [0.25, 0.3) is 45.0 Å². The molecule has 0 unspecified atom stereocenters. The first-order valence-corrected chi connectivity index (χ1v) is 14.7. The second-order valence-corrected chi connectivity index (χ2v) is 11.1.